The summed E-state index contributed by atoms with van der Waals surface area (Å²) >= 11 is 0. The molecule has 0 N–H and O–H groups in total. The van der Waals surface area contributed by atoms with Gasteiger partial charge in [0, 0.05) is 11.8 Å². The number of fused-ring (bicyclic) bond motifs is 8. The molecule has 2 heterocycles. The van der Waals surface area contributed by atoms with Crippen molar-refractivity contribution in [3.8, 4) is 46.6 Å². The van der Waals surface area contributed by atoms with Crippen LogP contribution in [-0.2, 0) is 27.1 Å². The minimum Gasteiger partial charge on any atom is -0.484 e. The van der Waals surface area contributed by atoms with Gasteiger partial charge in [0.2, 0.25) is 0 Å². The molecule has 0 amide bonds. The molecule has 3 aromatic rings. The number of hydrogen-bond donors (Lipinski definition) is 0. The van der Waals surface area contributed by atoms with E-state index in [9.17, 15) is 10.5 Å². The molecule has 0 fully saturated rings. The lowest BCUT2D eigenvalue weighted by atomic mass is 9.72. The zero-order chi connectivity index (χ0) is 35.5. The van der Waals surface area contributed by atoms with Gasteiger partial charge in [0.15, 0.2) is 34.5 Å². The summed E-state index contributed by atoms with van der Waals surface area (Å²) in [4.78, 5) is 0. The molecule has 49 heavy (non-hydrogen) atoms. The molecule has 0 saturated heterocycles. The molecular formula is C43H48N2O4. The smallest absolute Gasteiger partial charge is 0.189 e. The van der Waals surface area contributed by atoms with Crippen LogP contribution in [0.4, 0.5) is 0 Å². The van der Waals surface area contributed by atoms with Gasteiger partial charge in [-0.15, -0.1) is 0 Å². The second-order valence-electron chi connectivity index (χ2n) is 19.3. The van der Waals surface area contributed by atoms with Crippen LogP contribution in [0.25, 0.3) is 0 Å². The molecule has 8 rings (SSSR count). The highest BCUT2D eigenvalue weighted by molar-refractivity contribution is 5.76. The van der Waals surface area contributed by atoms with Gasteiger partial charge < -0.3 is 18.9 Å². The minimum absolute atomic E-state index is 0.119. The van der Waals surface area contributed by atoms with Crippen molar-refractivity contribution in [3.05, 3.63) is 68.8 Å². The number of nitrogens with zero attached hydrogens (tertiary/aromatic N) is 2. The molecule has 0 saturated carbocycles. The second-order valence-corrected chi connectivity index (χ2v) is 19.3. The van der Waals surface area contributed by atoms with Crippen molar-refractivity contribution in [1.29, 1.82) is 10.5 Å². The summed E-state index contributed by atoms with van der Waals surface area (Å²) in [5.74, 6) is 3.50. The fourth-order valence-corrected chi connectivity index (χ4v) is 11.3. The Morgan fingerprint density at radius 1 is 0.469 bits per heavy atom. The standard InChI is InChI=1S/C43H48N2O4/c1-37(2)20-43(21-38(3,4)26-14-31-32(16-28(26)43)49-42(11,12)22-41(9,10)48-31)27-15-30-29(13-25(27)37)46-35-23(17-44)33-34(24(18-45)36(35)47-30)40(7,8)19-39(33,5)6/h13-16H,19-22H2,1-12H3. The summed E-state index contributed by atoms with van der Waals surface area (Å²) in [6, 6.07) is 13.7. The number of rotatable bonds is 0. The highest BCUT2D eigenvalue weighted by Gasteiger charge is 2.58. The van der Waals surface area contributed by atoms with Crippen molar-refractivity contribution in [2.45, 2.75) is 147 Å². The molecule has 3 aliphatic carbocycles. The first kappa shape index (κ1) is 32.1. The summed E-state index contributed by atoms with van der Waals surface area (Å²) < 4.78 is 26.9. The quantitative estimate of drug-likeness (QED) is 0.187. The number of nitriles is 2. The van der Waals surface area contributed by atoms with Crippen molar-refractivity contribution in [3.63, 3.8) is 0 Å². The van der Waals surface area contributed by atoms with Gasteiger partial charge in [0.1, 0.15) is 34.5 Å². The van der Waals surface area contributed by atoms with Crippen molar-refractivity contribution < 1.29 is 18.9 Å². The molecule has 1 atom stereocenters. The molecule has 1 unspecified atom stereocenters. The average Bonchev–Trinajstić information content (AvgIpc) is 3.35. The summed E-state index contributed by atoms with van der Waals surface area (Å²) in [6.45, 7) is 26.5. The van der Waals surface area contributed by atoms with Crippen molar-refractivity contribution in [2.75, 3.05) is 0 Å². The van der Waals surface area contributed by atoms with E-state index in [4.69, 9.17) is 18.9 Å². The van der Waals surface area contributed by atoms with E-state index in [1.54, 1.807) is 0 Å². The minimum atomic E-state index is -0.389. The lowest BCUT2D eigenvalue weighted by molar-refractivity contribution is 0.0331. The van der Waals surface area contributed by atoms with Gasteiger partial charge in [-0.1, -0.05) is 55.4 Å². The highest BCUT2D eigenvalue weighted by Crippen LogP contribution is 2.67. The summed E-state index contributed by atoms with van der Waals surface area (Å²) in [5.41, 5.74) is 5.85. The number of benzene rings is 3. The zero-order valence-electron chi connectivity index (χ0n) is 31.2. The van der Waals surface area contributed by atoms with Crippen LogP contribution in [0.5, 0.6) is 34.5 Å². The monoisotopic (exact) mass is 656 g/mol. The van der Waals surface area contributed by atoms with Crippen LogP contribution in [-0.4, -0.2) is 11.2 Å². The zero-order valence-corrected chi connectivity index (χ0v) is 31.2. The van der Waals surface area contributed by atoms with Crippen LogP contribution < -0.4 is 18.9 Å². The molecule has 254 valence electrons. The lowest BCUT2D eigenvalue weighted by Crippen LogP contribution is -2.38. The van der Waals surface area contributed by atoms with E-state index in [-0.39, 0.29) is 38.3 Å². The third-order valence-electron chi connectivity index (χ3n) is 12.1. The third-order valence-corrected chi connectivity index (χ3v) is 12.1. The molecule has 0 radical (unpaired) electrons. The van der Waals surface area contributed by atoms with E-state index in [1.807, 2.05) is 0 Å². The van der Waals surface area contributed by atoms with Gasteiger partial charge >= 0.3 is 0 Å². The van der Waals surface area contributed by atoms with Crippen LogP contribution in [0.15, 0.2) is 24.3 Å². The summed E-state index contributed by atoms with van der Waals surface area (Å²) in [6.07, 6.45) is 3.43. The molecule has 5 aliphatic rings. The van der Waals surface area contributed by atoms with E-state index in [0.717, 1.165) is 48.3 Å². The molecule has 6 nitrogen and oxygen atoms in total. The van der Waals surface area contributed by atoms with Crippen LogP contribution >= 0.6 is 0 Å². The van der Waals surface area contributed by atoms with E-state index in [1.165, 1.54) is 22.3 Å². The Balaban J connectivity index is 1.33. The van der Waals surface area contributed by atoms with Crippen molar-refractivity contribution >= 4 is 0 Å². The van der Waals surface area contributed by atoms with Crippen LogP contribution in [0.2, 0.25) is 0 Å². The van der Waals surface area contributed by atoms with Gasteiger partial charge in [-0.25, -0.2) is 0 Å². The van der Waals surface area contributed by atoms with E-state index < -0.39 is 0 Å². The Kier molecular flexibility index (Phi) is 5.98. The van der Waals surface area contributed by atoms with Gasteiger partial charge in [0.25, 0.3) is 0 Å². The number of ether oxygens (including phenoxy) is 4. The predicted octanol–water partition coefficient (Wildman–Crippen LogP) is 10.7. The Morgan fingerprint density at radius 3 is 1.24 bits per heavy atom. The maximum Gasteiger partial charge on any atom is 0.189 e. The molecular weight excluding hydrogens is 608 g/mol. The molecule has 6 heteroatoms. The molecule has 2 aliphatic heterocycles. The number of hydrogen-bond acceptors (Lipinski definition) is 6. The van der Waals surface area contributed by atoms with E-state index in [0.29, 0.717) is 34.1 Å². The first-order valence-electron chi connectivity index (χ1n) is 17.7. The summed E-state index contributed by atoms with van der Waals surface area (Å²) in [5, 5.41) is 21.2. The molecule has 0 bridgehead atoms. The fraction of sp³-hybridized carbons (Fsp3) is 0.535. The largest absolute Gasteiger partial charge is 0.484 e. The average molecular weight is 657 g/mol. The van der Waals surface area contributed by atoms with E-state index >= 15 is 0 Å². The Labute approximate surface area is 291 Å². The molecule has 0 aromatic heterocycles. The molecule has 1 spiro atoms. The molecule has 3 aromatic carbocycles. The van der Waals surface area contributed by atoms with Crippen molar-refractivity contribution in [1.82, 2.24) is 0 Å². The maximum absolute atomic E-state index is 10.6. The van der Waals surface area contributed by atoms with Crippen LogP contribution in [0, 0.1) is 22.7 Å². The first-order chi connectivity index (χ1) is 22.5. The van der Waals surface area contributed by atoms with Crippen molar-refractivity contribution in [2.24, 2.45) is 0 Å². The Bertz CT molecular complexity index is 2120. The fourth-order valence-electron chi connectivity index (χ4n) is 11.3. The highest BCUT2D eigenvalue weighted by atomic mass is 16.6. The topological polar surface area (TPSA) is 84.5 Å². The summed E-state index contributed by atoms with van der Waals surface area (Å²) in [7, 11) is 0. The van der Waals surface area contributed by atoms with E-state index in [2.05, 4.69) is 119 Å². The Hall–Kier alpha value is -4.16. The van der Waals surface area contributed by atoms with Gasteiger partial charge in [-0.3, -0.25) is 0 Å². The maximum atomic E-state index is 10.6. The van der Waals surface area contributed by atoms with Crippen LogP contribution in [0.3, 0.4) is 0 Å². The first-order valence-corrected chi connectivity index (χ1v) is 17.7. The van der Waals surface area contributed by atoms with Crippen LogP contribution in [0.1, 0.15) is 153 Å². The SMILES string of the molecule is CC1(C)CC(C)(C)Oc2cc3c(cc2O1)C(C)(C)CC31CC(C)(C)c2cc3c(cc21)Oc1c(C#N)c2c(c(C#N)c1O3)C(C)(C)CC2(C)C. The normalized spacial score (nSPS) is 25.7. The predicted molar refractivity (Wildman–Crippen MR) is 190 cm³/mol. The van der Waals surface area contributed by atoms with Gasteiger partial charge in [-0.05, 0) is 126 Å². The lowest BCUT2D eigenvalue weighted by Gasteiger charge is -2.32. The van der Waals surface area contributed by atoms with Gasteiger partial charge in [0.05, 0.1) is 0 Å². The Morgan fingerprint density at radius 2 is 0.837 bits per heavy atom. The third kappa shape index (κ3) is 4.28. The second kappa shape index (κ2) is 9.14. The van der Waals surface area contributed by atoms with Gasteiger partial charge in [-0.2, -0.15) is 10.5 Å².